The Kier molecular flexibility index (Phi) is 5.48. The van der Waals surface area contributed by atoms with Gasteiger partial charge in [-0.05, 0) is 24.3 Å². The van der Waals surface area contributed by atoms with Gasteiger partial charge in [0.25, 0.3) is 0 Å². The van der Waals surface area contributed by atoms with Crippen LogP contribution in [0, 0.1) is 0 Å². The summed E-state index contributed by atoms with van der Waals surface area (Å²) in [7, 11) is 0. The van der Waals surface area contributed by atoms with E-state index in [2.05, 4.69) is 0 Å². The van der Waals surface area contributed by atoms with Gasteiger partial charge in [-0.25, -0.2) is 0 Å². The van der Waals surface area contributed by atoms with E-state index in [1.165, 1.54) is 0 Å². The van der Waals surface area contributed by atoms with Crippen LogP contribution in [0.5, 0.6) is 23.0 Å². The molecule has 0 N–H and O–H groups in total. The van der Waals surface area contributed by atoms with Crippen LogP contribution in [-0.2, 0) is 0 Å². The van der Waals surface area contributed by atoms with Crippen molar-refractivity contribution in [1.82, 2.24) is 0 Å². The third-order valence-corrected chi connectivity index (χ3v) is 3.60. The highest BCUT2D eigenvalue weighted by Gasteiger charge is 2.09. The minimum atomic E-state index is 0.528. The molecule has 0 aliphatic carbocycles. The molecule has 1 aliphatic rings. The molecule has 1 heterocycles. The highest BCUT2D eigenvalue weighted by Crippen LogP contribution is 2.31. The van der Waals surface area contributed by atoms with Crippen molar-refractivity contribution < 1.29 is 18.9 Å². The van der Waals surface area contributed by atoms with E-state index >= 15 is 0 Å². The molecule has 0 bridgehead atoms. The van der Waals surface area contributed by atoms with Gasteiger partial charge < -0.3 is 18.9 Å². The van der Waals surface area contributed by atoms with Gasteiger partial charge in [0.1, 0.15) is 0 Å². The normalized spacial score (nSPS) is 15.5. The first kappa shape index (κ1) is 15.8. The van der Waals surface area contributed by atoms with Crippen molar-refractivity contribution in [3.8, 4) is 23.0 Å². The molecule has 122 valence electrons. The standard InChI is InChI=1S/C18H19ClO4/c19-14-7-8-17-18(13-14)23-12-4-10-21-16-6-2-1-5-15(16)20-9-3-11-22-17/h1-2,5-8,13H,3-4,9-12H2. The molecule has 0 amide bonds. The molecule has 0 radical (unpaired) electrons. The van der Waals surface area contributed by atoms with Gasteiger partial charge in [0.2, 0.25) is 0 Å². The topological polar surface area (TPSA) is 36.9 Å². The van der Waals surface area contributed by atoms with Gasteiger partial charge in [0.15, 0.2) is 23.0 Å². The molecule has 4 nitrogen and oxygen atoms in total. The van der Waals surface area contributed by atoms with Gasteiger partial charge >= 0.3 is 0 Å². The molecule has 5 heteroatoms. The molecule has 2 aromatic rings. The quantitative estimate of drug-likeness (QED) is 0.717. The fourth-order valence-corrected chi connectivity index (χ4v) is 2.41. The van der Waals surface area contributed by atoms with E-state index in [1.54, 1.807) is 12.1 Å². The van der Waals surface area contributed by atoms with E-state index in [1.807, 2.05) is 30.3 Å². The molecule has 0 atom stereocenters. The van der Waals surface area contributed by atoms with Gasteiger partial charge in [-0.3, -0.25) is 0 Å². The Morgan fingerprint density at radius 1 is 0.609 bits per heavy atom. The van der Waals surface area contributed by atoms with Gasteiger partial charge in [0.05, 0.1) is 26.4 Å². The highest BCUT2D eigenvalue weighted by molar-refractivity contribution is 6.30. The Morgan fingerprint density at radius 2 is 1.09 bits per heavy atom. The summed E-state index contributed by atoms with van der Waals surface area (Å²) in [6.45, 7) is 2.18. The second-order valence-electron chi connectivity index (χ2n) is 5.14. The van der Waals surface area contributed by atoms with E-state index in [4.69, 9.17) is 30.5 Å². The van der Waals surface area contributed by atoms with Crippen LogP contribution < -0.4 is 18.9 Å². The Morgan fingerprint density at radius 3 is 1.65 bits per heavy atom. The lowest BCUT2D eigenvalue weighted by molar-refractivity contribution is 0.203. The zero-order chi connectivity index (χ0) is 15.9. The van der Waals surface area contributed by atoms with E-state index in [0.717, 1.165) is 24.3 Å². The molecule has 0 saturated carbocycles. The summed E-state index contributed by atoms with van der Waals surface area (Å²) in [5.41, 5.74) is 0. The van der Waals surface area contributed by atoms with Crippen molar-refractivity contribution in [3.05, 3.63) is 47.5 Å². The van der Waals surface area contributed by atoms with Crippen LogP contribution in [0.15, 0.2) is 42.5 Å². The zero-order valence-corrected chi connectivity index (χ0v) is 13.6. The monoisotopic (exact) mass is 334 g/mol. The smallest absolute Gasteiger partial charge is 0.162 e. The predicted molar refractivity (Wildman–Crippen MR) is 89.1 cm³/mol. The fourth-order valence-electron chi connectivity index (χ4n) is 2.25. The molecule has 0 spiro atoms. The third-order valence-electron chi connectivity index (χ3n) is 3.36. The SMILES string of the molecule is Clc1ccc2c(c1)OCCCOc1ccccc1OCCCO2. The first-order chi connectivity index (χ1) is 11.3. The lowest BCUT2D eigenvalue weighted by Crippen LogP contribution is -2.10. The number of hydrogen-bond acceptors (Lipinski definition) is 4. The van der Waals surface area contributed by atoms with Crippen LogP contribution in [0.1, 0.15) is 12.8 Å². The Bertz CT molecular complexity index is 645. The number of fused-ring (bicyclic) bond motifs is 2. The summed E-state index contributed by atoms with van der Waals surface area (Å²) < 4.78 is 23.1. The largest absolute Gasteiger partial charge is 0.490 e. The number of rotatable bonds is 0. The van der Waals surface area contributed by atoms with E-state index < -0.39 is 0 Å². The third kappa shape index (κ3) is 4.45. The van der Waals surface area contributed by atoms with E-state index in [9.17, 15) is 0 Å². The van der Waals surface area contributed by atoms with Crippen LogP contribution in [0.25, 0.3) is 0 Å². The molecule has 0 unspecified atom stereocenters. The second kappa shape index (κ2) is 7.97. The van der Waals surface area contributed by atoms with Crippen LogP contribution in [0.2, 0.25) is 5.02 Å². The second-order valence-corrected chi connectivity index (χ2v) is 5.58. The van der Waals surface area contributed by atoms with Crippen LogP contribution in [0.3, 0.4) is 0 Å². The minimum Gasteiger partial charge on any atom is -0.490 e. The summed E-state index contributed by atoms with van der Waals surface area (Å²) in [6.07, 6.45) is 1.51. The van der Waals surface area contributed by atoms with E-state index in [-0.39, 0.29) is 0 Å². The summed E-state index contributed by atoms with van der Waals surface area (Å²) in [4.78, 5) is 0. The van der Waals surface area contributed by atoms with Crippen molar-refractivity contribution in [2.24, 2.45) is 0 Å². The van der Waals surface area contributed by atoms with Crippen molar-refractivity contribution in [1.29, 1.82) is 0 Å². The first-order valence-electron chi connectivity index (χ1n) is 7.73. The van der Waals surface area contributed by atoms with Gasteiger partial charge in [-0.2, -0.15) is 0 Å². The maximum atomic E-state index is 6.03. The maximum Gasteiger partial charge on any atom is 0.162 e. The molecule has 23 heavy (non-hydrogen) atoms. The molecular formula is C18H19ClO4. The molecule has 3 rings (SSSR count). The maximum absolute atomic E-state index is 6.03. The summed E-state index contributed by atoms with van der Waals surface area (Å²) in [6, 6.07) is 13.1. The minimum absolute atomic E-state index is 0.528. The summed E-state index contributed by atoms with van der Waals surface area (Å²) >= 11 is 6.03. The highest BCUT2D eigenvalue weighted by atomic mass is 35.5. The lowest BCUT2D eigenvalue weighted by Gasteiger charge is -2.16. The molecule has 1 aliphatic heterocycles. The summed E-state index contributed by atoms with van der Waals surface area (Å²) in [5, 5.41) is 0.627. The molecule has 0 aromatic heterocycles. The van der Waals surface area contributed by atoms with Crippen molar-refractivity contribution in [2.75, 3.05) is 26.4 Å². The van der Waals surface area contributed by atoms with E-state index in [0.29, 0.717) is 42.9 Å². The number of benzene rings is 2. The Hall–Kier alpha value is -2.07. The average Bonchev–Trinajstić information content (AvgIpc) is 2.56. The molecule has 2 aromatic carbocycles. The Balaban J connectivity index is 1.69. The molecule has 0 fully saturated rings. The first-order valence-corrected chi connectivity index (χ1v) is 8.10. The molecule has 0 saturated heterocycles. The van der Waals surface area contributed by atoms with Gasteiger partial charge in [0, 0.05) is 23.9 Å². The predicted octanol–water partition coefficient (Wildman–Crippen LogP) is 4.35. The van der Waals surface area contributed by atoms with Crippen LogP contribution in [-0.4, -0.2) is 26.4 Å². The van der Waals surface area contributed by atoms with Crippen molar-refractivity contribution in [2.45, 2.75) is 12.8 Å². The zero-order valence-electron chi connectivity index (χ0n) is 12.8. The van der Waals surface area contributed by atoms with Crippen molar-refractivity contribution >= 4 is 11.6 Å². The van der Waals surface area contributed by atoms with Crippen LogP contribution in [0.4, 0.5) is 0 Å². The number of para-hydroxylation sites is 2. The summed E-state index contributed by atoms with van der Waals surface area (Å²) in [5.74, 6) is 2.88. The Labute approximate surface area is 140 Å². The van der Waals surface area contributed by atoms with Gasteiger partial charge in [-0.1, -0.05) is 23.7 Å². The number of hydrogen-bond donors (Lipinski definition) is 0. The van der Waals surface area contributed by atoms with Crippen LogP contribution >= 0.6 is 11.6 Å². The lowest BCUT2D eigenvalue weighted by atomic mass is 10.3. The van der Waals surface area contributed by atoms with Gasteiger partial charge in [-0.15, -0.1) is 0 Å². The average molecular weight is 335 g/mol. The molecular weight excluding hydrogens is 316 g/mol. The van der Waals surface area contributed by atoms with Crippen molar-refractivity contribution in [3.63, 3.8) is 0 Å². The number of halogens is 1. The fraction of sp³-hybridized carbons (Fsp3) is 0.333. The number of ether oxygens (including phenoxy) is 4.